The van der Waals surface area contributed by atoms with Gasteiger partial charge in [0.15, 0.2) is 23.4 Å². The Kier molecular flexibility index (Phi) is 8.44. The lowest BCUT2D eigenvalue weighted by Gasteiger charge is -2.25. The van der Waals surface area contributed by atoms with E-state index >= 15 is 4.39 Å². The molecule has 3 aromatic rings. The molecular formula is C22H30FN8O7P. The second-order valence-electron chi connectivity index (χ2n) is 8.94. The van der Waals surface area contributed by atoms with Crippen LogP contribution in [0, 0.1) is 0 Å². The predicted octanol–water partition coefficient (Wildman–Crippen LogP) is 1.25. The molecule has 212 valence electrons. The number of nitrogen functional groups attached to an aromatic ring is 2. The van der Waals surface area contributed by atoms with Crippen LogP contribution in [0.2, 0.25) is 0 Å². The minimum Gasteiger partial charge on any atom is -0.465 e. The number of pyridine rings is 1. The number of aromatic nitrogens is 5. The van der Waals surface area contributed by atoms with E-state index in [1.807, 2.05) is 0 Å². The van der Waals surface area contributed by atoms with Crippen LogP contribution in [0.15, 0.2) is 30.9 Å². The number of aliphatic hydroxyl groups excluding tert-OH is 1. The van der Waals surface area contributed by atoms with Crippen LogP contribution in [0.3, 0.4) is 0 Å². The number of hydrogen-bond donors (Lipinski definition) is 4. The molecule has 0 radical (unpaired) electrons. The van der Waals surface area contributed by atoms with Crippen molar-refractivity contribution in [3.63, 3.8) is 0 Å². The molecule has 6 N–H and O–H groups in total. The molecule has 6 atom stereocenters. The Hall–Kier alpha value is -3.27. The Morgan fingerprint density at radius 2 is 2.15 bits per heavy atom. The van der Waals surface area contributed by atoms with Crippen molar-refractivity contribution in [3.05, 3.63) is 36.4 Å². The number of nitrogens with one attached hydrogen (secondary N) is 1. The SMILES string of the molecule is CCOC(=O)[C@H](C)NP(=O)(OCc1cccnc1)OC[C@H]1O[C@@H](n2cnc3c(N)nc(N)nc32)[C@@](C)(F)[C@H]1O. The number of esters is 1. The van der Waals surface area contributed by atoms with Gasteiger partial charge in [0.2, 0.25) is 5.95 Å². The first-order chi connectivity index (χ1) is 18.4. The van der Waals surface area contributed by atoms with Gasteiger partial charge in [0.05, 0.1) is 26.1 Å². The summed E-state index contributed by atoms with van der Waals surface area (Å²) in [6, 6.07) is 2.27. The minimum absolute atomic E-state index is 0.0104. The van der Waals surface area contributed by atoms with Crippen LogP contribution < -0.4 is 16.6 Å². The lowest BCUT2D eigenvalue weighted by molar-refractivity contribution is -0.144. The quantitative estimate of drug-likeness (QED) is 0.189. The van der Waals surface area contributed by atoms with E-state index < -0.39 is 50.5 Å². The van der Waals surface area contributed by atoms with Gasteiger partial charge < -0.3 is 26.0 Å². The Balaban J connectivity index is 1.53. The molecule has 1 unspecified atom stereocenters. The smallest absolute Gasteiger partial charge is 0.406 e. The van der Waals surface area contributed by atoms with Gasteiger partial charge in [0.1, 0.15) is 23.8 Å². The molecule has 4 heterocycles. The van der Waals surface area contributed by atoms with Gasteiger partial charge in [-0.1, -0.05) is 6.07 Å². The third-order valence-electron chi connectivity index (χ3n) is 5.96. The average molecular weight is 569 g/mol. The molecule has 3 aromatic heterocycles. The molecule has 15 nitrogen and oxygen atoms in total. The third kappa shape index (κ3) is 6.16. The molecule has 0 spiro atoms. The van der Waals surface area contributed by atoms with E-state index in [4.69, 9.17) is 30.0 Å². The highest BCUT2D eigenvalue weighted by Gasteiger charge is 2.56. The fourth-order valence-corrected chi connectivity index (χ4v) is 5.43. The monoisotopic (exact) mass is 568 g/mol. The highest BCUT2D eigenvalue weighted by atomic mass is 31.2. The van der Waals surface area contributed by atoms with Crippen LogP contribution in [0.4, 0.5) is 16.2 Å². The van der Waals surface area contributed by atoms with Crippen LogP contribution in [0.1, 0.15) is 32.6 Å². The van der Waals surface area contributed by atoms with E-state index in [1.54, 1.807) is 25.3 Å². The molecule has 1 saturated heterocycles. The van der Waals surface area contributed by atoms with Gasteiger partial charge in [-0.25, -0.2) is 19.0 Å². The number of ether oxygens (including phenoxy) is 2. The summed E-state index contributed by atoms with van der Waals surface area (Å²) in [4.78, 5) is 28.1. The van der Waals surface area contributed by atoms with E-state index in [-0.39, 0.29) is 36.1 Å². The fourth-order valence-electron chi connectivity index (χ4n) is 3.96. The predicted molar refractivity (Wildman–Crippen MR) is 135 cm³/mol. The molecule has 0 aliphatic carbocycles. The maximum absolute atomic E-state index is 15.8. The van der Waals surface area contributed by atoms with Crippen LogP contribution in [-0.2, 0) is 34.5 Å². The molecule has 17 heteroatoms. The lowest BCUT2D eigenvalue weighted by atomic mass is 9.98. The number of imidazole rings is 1. The number of nitrogens with two attached hydrogens (primary N) is 2. The molecular weight excluding hydrogens is 538 g/mol. The molecule has 0 saturated carbocycles. The second kappa shape index (κ2) is 11.5. The van der Waals surface area contributed by atoms with Crippen molar-refractivity contribution < 1.29 is 37.4 Å². The summed E-state index contributed by atoms with van der Waals surface area (Å²) in [5, 5.41) is 13.3. The van der Waals surface area contributed by atoms with Crippen LogP contribution >= 0.6 is 7.75 Å². The first kappa shape index (κ1) is 28.7. The summed E-state index contributed by atoms with van der Waals surface area (Å²) in [6.45, 7) is 3.52. The maximum atomic E-state index is 15.8. The van der Waals surface area contributed by atoms with E-state index in [2.05, 4.69) is 25.0 Å². The Bertz CT molecular complexity index is 1360. The van der Waals surface area contributed by atoms with Crippen molar-refractivity contribution in [2.45, 2.75) is 57.5 Å². The number of carbonyl (C=O) groups is 1. The van der Waals surface area contributed by atoms with Crippen LogP contribution in [0.25, 0.3) is 11.2 Å². The number of anilines is 2. The van der Waals surface area contributed by atoms with Gasteiger partial charge in [-0.05, 0) is 32.4 Å². The van der Waals surface area contributed by atoms with Gasteiger partial charge in [-0.2, -0.15) is 9.97 Å². The van der Waals surface area contributed by atoms with Crippen LogP contribution in [-0.4, -0.2) is 72.7 Å². The molecule has 0 bridgehead atoms. The normalized spacial score (nSPS) is 25.4. The van der Waals surface area contributed by atoms with Gasteiger partial charge >= 0.3 is 13.7 Å². The number of aliphatic hydroxyl groups is 1. The van der Waals surface area contributed by atoms with Gasteiger partial charge in [-0.15, -0.1) is 0 Å². The first-order valence-corrected chi connectivity index (χ1v) is 13.5. The number of fused-ring (bicyclic) bond motifs is 1. The summed E-state index contributed by atoms with van der Waals surface area (Å²) < 4.78 is 52.5. The highest BCUT2D eigenvalue weighted by molar-refractivity contribution is 7.51. The maximum Gasteiger partial charge on any atom is 0.406 e. The number of rotatable bonds is 11. The molecule has 1 aliphatic heterocycles. The average Bonchev–Trinajstić information content (AvgIpc) is 3.40. The number of halogens is 1. The van der Waals surface area contributed by atoms with Crippen molar-refractivity contribution in [2.24, 2.45) is 0 Å². The molecule has 39 heavy (non-hydrogen) atoms. The number of nitrogens with zero attached hydrogens (tertiary/aromatic N) is 5. The summed E-state index contributed by atoms with van der Waals surface area (Å²) in [7, 11) is -4.24. The van der Waals surface area contributed by atoms with Gasteiger partial charge in [0.25, 0.3) is 0 Å². The Morgan fingerprint density at radius 3 is 2.85 bits per heavy atom. The summed E-state index contributed by atoms with van der Waals surface area (Å²) in [5.74, 6) is -0.856. The standard InChI is InChI=1S/C22H30FN8O7P/c1-4-35-19(33)12(2)30-39(34,36-9-13-6-5-7-26-8-13)37-10-14-16(32)22(3,23)20(38-14)31-11-27-15-17(24)28-21(25)29-18(15)31/h5-8,11-12,14,16,20,32H,4,9-10H2,1-3H3,(H,30,34)(H4,24,25,28,29)/t12-,14+,16-,20+,22-,39?/m0/s1. The fraction of sp³-hybridized carbons (Fsp3) is 0.500. The zero-order valence-corrected chi connectivity index (χ0v) is 22.3. The van der Waals surface area contributed by atoms with Gasteiger partial charge in [0, 0.05) is 12.4 Å². The number of carbonyl (C=O) groups excluding carboxylic acids is 1. The summed E-state index contributed by atoms with van der Waals surface area (Å²) in [6.07, 6.45) is -0.178. The second-order valence-corrected chi connectivity index (χ2v) is 10.7. The molecule has 0 aromatic carbocycles. The zero-order chi connectivity index (χ0) is 28.4. The van der Waals surface area contributed by atoms with Crippen molar-refractivity contribution in [1.82, 2.24) is 29.6 Å². The lowest BCUT2D eigenvalue weighted by Crippen LogP contribution is -2.41. The largest absolute Gasteiger partial charge is 0.465 e. The number of alkyl halides is 1. The third-order valence-corrected chi connectivity index (χ3v) is 7.62. The van der Waals surface area contributed by atoms with Crippen molar-refractivity contribution >= 4 is 36.6 Å². The van der Waals surface area contributed by atoms with E-state index in [0.717, 1.165) is 6.92 Å². The molecule has 4 rings (SSSR count). The van der Waals surface area contributed by atoms with E-state index in [1.165, 1.54) is 24.0 Å². The Morgan fingerprint density at radius 1 is 1.38 bits per heavy atom. The van der Waals surface area contributed by atoms with Crippen LogP contribution in [0.5, 0.6) is 0 Å². The summed E-state index contributed by atoms with van der Waals surface area (Å²) >= 11 is 0. The van der Waals surface area contributed by atoms with E-state index in [9.17, 15) is 14.5 Å². The zero-order valence-electron chi connectivity index (χ0n) is 21.4. The molecule has 1 aliphatic rings. The molecule has 1 fully saturated rings. The molecule has 0 amide bonds. The van der Waals surface area contributed by atoms with Gasteiger partial charge in [-0.3, -0.25) is 23.4 Å². The van der Waals surface area contributed by atoms with Crippen molar-refractivity contribution in [3.8, 4) is 0 Å². The highest BCUT2D eigenvalue weighted by Crippen LogP contribution is 2.48. The Labute approximate surface area is 222 Å². The minimum atomic E-state index is -4.24. The van der Waals surface area contributed by atoms with E-state index in [0.29, 0.717) is 5.56 Å². The number of hydrogen-bond acceptors (Lipinski definition) is 13. The topological polar surface area (TPSA) is 212 Å². The van der Waals surface area contributed by atoms with Crippen molar-refractivity contribution in [1.29, 1.82) is 0 Å². The summed E-state index contributed by atoms with van der Waals surface area (Å²) in [5.41, 5.74) is 9.99. The van der Waals surface area contributed by atoms with Crippen molar-refractivity contribution in [2.75, 3.05) is 24.7 Å². The first-order valence-electron chi connectivity index (χ1n) is 12.0.